The van der Waals surface area contributed by atoms with E-state index in [1.807, 2.05) is 18.2 Å². The Labute approximate surface area is 361 Å². The molecule has 0 aliphatic carbocycles. The first-order valence-electron chi connectivity index (χ1n) is 21.3. The smallest absolute Gasteiger partial charge is 0.160 e. The van der Waals surface area contributed by atoms with Crippen LogP contribution in [-0.2, 0) is 0 Å². The number of halogens is 1. The van der Waals surface area contributed by atoms with Crippen LogP contribution in [0.4, 0.5) is 4.39 Å². The van der Waals surface area contributed by atoms with Gasteiger partial charge in [0.2, 0.25) is 0 Å². The number of aromatic nitrogens is 4. The summed E-state index contributed by atoms with van der Waals surface area (Å²) in [5.41, 5.74) is 12.8. The second kappa shape index (κ2) is 13.8. The number of benzene rings is 10. The summed E-state index contributed by atoms with van der Waals surface area (Å²) in [6.45, 7) is 0. The Hall–Kier alpha value is -8.41. The van der Waals surface area contributed by atoms with E-state index < -0.39 is 0 Å². The number of rotatable bonds is 5. The molecule has 3 aromatic heterocycles. The standard InChI is InChI=1S/C58H35FN4/c59-43-26-20-38-32-42(19-18-39(38)33-43)56-50-30-23-36-10-4-5-13-46(36)57(50)61-58(60-56)37-21-27-45(28-22-37)63-52-16-8-6-14-47(52)49-29-24-41(35-55(49)63)40-25-31-54-51(34-40)48-15-7-9-17-53(48)62(54)44-11-2-1-3-12-44/h1-35H. The van der Waals surface area contributed by atoms with E-state index in [0.717, 1.165) is 77.2 Å². The summed E-state index contributed by atoms with van der Waals surface area (Å²) >= 11 is 0. The van der Waals surface area contributed by atoms with Gasteiger partial charge in [-0.2, -0.15) is 0 Å². The lowest BCUT2D eigenvalue weighted by atomic mass is 9.99. The van der Waals surface area contributed by atoms with E-state index in [-0.39, 0.29) is 5.82 Å². The summed E-state index contributed by atoms with van der Waals surface area (Å²) in [5, 5.41) is 9.84. The Morgan fingerprint density at radius 2 is 0.873 bits per heavy atom. The van der Waals surface area contributed by atoms with Gasteiger partial charge in [0.1, 0.15) is 5.82 Å². The molecule has 0 aliphatic heterocycles. The molecule has 0 radical (unpaired) electrons. The van der Waals surface area contributed by atoms with Gasteiger partial charge in [-0.1, -0.05) is 121 Å². The zero-order valence-electron chi connectivity index (χ0n) is 33.9. The van der Waals surface area contributed by atoms with E-state index in [2.05, 4.69) is 191 Å². The maximum Gasteiger partial charge on any atom is 0.160 e. The predicted molar refractivity (Wildman–Crippen MR) is 259 cm³/mol. The van der Waals surface area contributed by atoms with Crippen LogP contribution in [0.15, 0.2) is 212 Å². The lowest BCUT2D eigenvalue weighted by Gasteiger charge is -2.13. The molecule has 10 aromatic carbocycles. The maximum absolute atomic E-state index is 14.1. The van der Waals surface area contributed by atoms with Gasteiger partial charge in [-0.05, 0) is 118 Å². The van der Waals surface area contributed by atoms with E-state index >= 15 is 0 Å². The molecule has 63 heavy (non-hydrogen) atoms. The molecule has 0 amide bonds. The van der Waals surface area contributed by atoms with E-state index in [4.69, 9.17) is 9.97 Å². The Morgan fingerprint density at radius 1 is 0.317 bits per heavy atom. The van der Waals surface area contributed by atoms with E-state index in [1.54, 1.807) is 6.07 Å². The molecule has 294 valence electrons. The van der Waals surface area contributed by atoms with Crippen LogP contribution < -0.4 is 0 Å². The average Bonchev–Trinajstić information content (AvgIpc) is 3.86. The van der Waals surface area contributed by atoms with Crippen LogP contribution >= 0.6 is 0 Å². The molecule has 0 aliphatic rings. The molecular formula is C58H35FN4. The summed E-state index contributed by atoms with van der Waals surface area (Å²) in [4.78, 5) is 10.5. The van der Waals surface area contributed by atoms with Crippen LogP contribution in [0.25, 0.3) is 121 Å². The molecule has 0 atom stereocenters. The number of hydrogen-bond donors (Lipinski definition) is 0. The van der Waals surface area contributed by atoms with Crippen molar-refractivity contribution in [2.24, 2.45) is 0 Å². The van der Waals surface area contributed by atoms with E-state index in [0.29, 0.717) is 5.82 Å². The highest BCUT2D eigenvalue weighted by Crippen LogP contribution is 2.39. The molecule has 3 heterocycles. The fourth-order valence-electron chi connectivity index (χ4n) is 9.77. The highest BCUT2D eigenvalue weighted by molar-refractivity contribution is 6.13. The van der Waals surface area contributed by atoms with Gasteiger partial charge in [-0.25, -0.2) is 14.4 Å². The topological polar surface area (TPSA) is 35.6 Å². The van der Waals surface area contributed by atoms with Crippen molar-refractivity contribution in [1.29, 1.82) is 0 Å². The minimum Gasteiger partial charge on any atom is -0.309 e. The maximum atomic E-state index is 14.1. The summed E-state index contributed by atoms with van der Waals surface area (Å²) in [6.07, 6.45) is 0. The highest BCUT2D eigenvalue weighted by Gasteiger charge is 2.18. The molecule has 0 bridgehead atoms. The van der Waals surface area contributed by atoms with Crippen molar-refractivity contribution in [2.45, 2.75) is 0 Å². The van der Waals surface area contributed by atoms with Crippen LogP contribution in [0.2, 0.25) is 0 Å². The summed E-state index contributed by atoms with van der Waals surface area (Å²) in [7, 11) is 0. The molecule has 13 aromatic rings. The summed E-state index contributed by atoms with van der Waals surface area (Å²) < 4.78 is 18.9. The summed E-state index contributed by atoms with van der Waals surface area (Å²) in [6, 6.07) is 73.9. The second-order valence-corrected chi connectivity index (χ2v) is 16.3. The fourth-order valence-corrected chi connectivity index (χ4v) is 9.77. The third kappa shape index (κ3) is 5.60. The molecule has 0 spiro atoms. The normalized spacial score (nSPS) is 11.9. The molecule has 0 N–H and O–H groups in total. The number of nitrogens with zero attached hydrogens (tertiary/aromatic N) is 4. The molecule has 4 nitrogen and oxygen atoms in total. The van der Waals surface area contributed by atoms with Gasteiger partial charge < -0.3 is 9.13 Å². The zero-order valence-corrected chi connectivity index (χ0v) is 33.9. The minimum atomic E-state index is -0.247. The van der Waals surface area contributed by atoms with Crippen molar-refractivity contribution in [1.82, 2.24) is 19.1 Å². The minimum absolute atomic E-state index is 0.247. The van der Waals surface area contributed by atoms with E-state index in [1.165, 1.54) is 44.2 Å². The fraction of sp³-hybridized carbons (Fsp3) is 0. The van der Waals surface area contributed by atoms with Gasteiger partial charge in [-0.15, -0.1) is 0 Å². The highest BCUT2D eigenvalue weighted by atomic mass is 19.1. The number of para-hydroxylation sites is 3. The van der Waals surface area contributed by atoms with Crippen molar-refractivity contribution >= 4 is 76.1 Å². The van der Waals surface area contributed by atoms with Crippen molar-refractivity contribution in [3.63, 3.8) is 0 Å². The van der Waals surface area contributed by atoms with Crippen molar-refractivity contribution < 1.29 is 4.39 Å². The summed E-state index contributed by atoms with van der Waals surface area (Å²) in [5.74, 6) is 0.399. The van der Waals surface area contributed by atoms with Gasteiger partial charge in [-0.3, -0.25) is 0 Å². The van der Waals surface area contributed by atoms with Crippen molar-refractivity contribution in [3.05, 3.63) is 218 Å². The number of hydrogen-bond acceptors (Lipinski definition) is 2. The monoisotopic (exact) mass is 806 g/mol. The van der Waals surface area contributed by atoms with Crippen LogP contribution in [0.5, 0.6) is 0 Å². The van der Waals surface area contributed by atoms with Crippen LogP contribution in [0, 0.1) is 5.82 Å². The Morgan fingerprint density at radius 3 is 1.70 bits per heavy atom. The molecule has 0 saturated heterocycles. The third-order valence-corrected chi connectivity index (χ3v) is 12.7. The lowest BCUT2D eigenvalue weighted by molar-refractivity contribution is 0.630. The van der Waals surface area contributed by atoms with Crippen molar-refractivity contribution in [3.8, 4) is 45.1 Å². The quantitative estimate of drug-likeness (QED) is 0.162. The predicted octanol–water partition coefficient (Wildman–Crippen LogP) is 15.3. The second-order valence-electron chi connectivity index (χ2n) is 16.3. The van der Waals surface area contributed by atoms with Gasteiger partial charge in [0.25, 0.3) is 0 Å². The Bertz CT molecular complexity index is 3980. The van der Waals surface area contributed by atoms with Crippen LogP contribution in [0.1, 0.15) is 0 Å². The van der Waals surface area contributed by atoms with Crippen LogP contribution in [-0.4, -0.2) is 19.1 Å². The molecular weight excluding hydrogens is 772 g/mol. The largest absolute Gasteiger partial charge is 0.309 e. The first-order chi connectivity index (χ1) is 31.1. The molecule has 0 fully saturated rings. The van der Waals surface area contributed by atoms with Gasteiger partial charge in [0, 0.05) is 54.8 Å². The lowest BCUT2D eigenvalue weighted by Crippen LogP contribution is -1.97. The molecule has 5 heteroatoms. The van der Waals surface area contributed by atoms with Crippen molar-refractivity contribution in [2.75, 3.05) is 0 Å². The zero-order chi connectivity index (χ0) is 41.6. The first-order valence-corrected chi connectivity index (χ1v) is 21.3. The average molecular weight is 807 g/mol. The Kier molecular flexibility index (Phi) is 7.75. The third-order valence-electron chi connectivity index (χ3n) is 12.7. The SMILES string of the molecule is Fc1ccc2cc(-c3nc(-c4ccc(-n5c6ccccc6c6ccc(-c7ccc8c(c7)c7ccccc7n8-c7ccccc7)cc65)cc4)nc4c3ccc3ccccc34)ccc2c1. The van der Waals surface area contributed by atoms with Crippen LogP contribution in [0.3, 0.4) is 0 Å². The Balaban J connectivity index is 0.950. The molecule has 0 saturated carbocycles. The van der Waals surface area contributed by atoms with Gasteiger partial charge in [0.05, 0.1) is 33.3 Å². The van der Waals surface area contributed by atoms with Gasteiger partial charge in [0.15, 0.2) is 5.82 Å². The van der Waals surface area contributed by atoms with Gasteiger partial charge >= 0.3 is 0 Å². The first kappa shape index (κ1) is 35.4. The molecule has 13 rings (SSSR count). The number of fused-ring (bicyclic) bond motifs is 10. The molecule has 0 unspecified atom stereocenters. The van der Waals surface area contributed by atoms with E-state index in [9.17, 15) is 4.39 Å².